The molecule has 0 atom stereocenters. The zero-order chi connectivity index (χ0) is 24.2. The number of unbranched alkanes of at least 4 members (excludes halogenated alkanes) is 20. The molecule has 2 heteroatoms. The Morgan fingerprint density at radius 2 is 0.485 bits per heavy atom. The van der Waals surface area contributed by atoms with Crippen LogP contribution in [0.1, 0.15) is 187 Å². The smallest absolute Gasteiger partial charge is 0.132 e. The molecule has 0 aromatic carbocycles. The van der Waals surface area contributed by atoms with Gasteiger partial charge >= 0.3 is 0 Å². The topological polar surface area (TPSA) is 34.1 Å². The first-order chi connectivity index (χ1) is 16.2. The molecule has 33 heavy (non-hydrogen) atoms. The highest BCUT2D eigenvalue weighted by Crippen LogP contribution is 2.14. The van der Waals surface area contributed by atoms with Crippen LogP contribution in [0.15, 0.2) is 0 Å². The van der Waals surface area contributed by atoms with Gasteiger partial charge in [-0.3, -0.25) is 9.59 Å². The third-order valence-electron chi connectivity index (χ3n) is 7.03. The van der Waals surface area contributed by atoms with Gasteiger partial charge in [0.25, 0.3) is 0 Å². The van der Waals surface area contributed by atoms with Crippen molar-refractivity contribution in [2.75, 3.05) is 0 Å². The average Bonchev–Trinajstić information content (AvgIpc) is 2.81. The van der Waals surface area contributed by atoms with Crippen molar-refractivity contribution in [1.82, 2.24) is 0 Å². The van der Waals surface area contributed by atoms with Crippen molar-refractivity contribution in [3.63, 3.8) is 0 Å². The van der Waals surface area contributed by atoms with E-state index in [9.17, 15) is 9.59 Å². The summed E-state index contributed by atoms with van der Waals surface area (Å²) in [5.41, 5.74) is 0. The van der Waals surface area contributed by atoms with E-state index in [0.29, 0.717) is 11.6 Å². The number of rotatable bonds is 28. The molecule has 0 aromatic heterocycles. The molecule has 0 heterocycles. The Kier molecular flexibility index (Phi) is 27.0. The van der Waals surface area contributed by atoms with Gasteiger partial charge in [-0.1, -0.05) is 136 Å². The Morgan fingerprint density at radius 1 is 0.303 bits per heavy atom. The second kappa shape index (κ2) is 27.6. The first kappa shape index (κ1) is 32.3. The van der Waals surface area contributed by atoms with E-state index in [1.54, 1.807) is 0 Å². The normalized spacial score (nSPS) is 11.2. The molecular weight excluding hydrogens is 404 g/mol. The van der Waals surface area contributed by atoms with Crippen molar-refractivity contribution in [1.29, 1.82) is 0 Å². The summed E-state index contributed by atoms with van der Waals surface area (Å²) in [5.74, 6) is 0.873. The van der Waals surface area contributed by atoms with E-state index in [-0.39, 0.29) is 0 Å². The second-order valence-electron chi connectivity index (χ2n) is 10.5. The van der Waals surface area contributed by atoms with Crippen LogP contribution in [0.4, 0.5) is 0 Å². The van der Waals surface area contributed by atoms with Crippen LogP contribution >= 0.6 is 0 Å². The second-order valence-corrected chi connectivity index (χ2v) is 10.5. The Bertz CT molecular complexity index is 377. The monoisotopic (exact) mass is 464 g/mol. The van der Waals surface area contributed by atoms with Crippen LogP contribution in [0.3, 0.4) is 0 Å². The lowest BCUT2D eigenvalue weighted by Gasteiger charge is -2.04. The van der Waals surface area contributed by atoms with Crippen molar-refractivity contribution < 1.29 is 9.59 Å². The van der Waals surface area contributed by atoms with Gasteiger partial charge in [-0.25, -0.2) is 0 Å². The number of Topliss-reactive ketones (excluding diaryl/α,β-unsaturated/α-hetero) is 2. The molecule has 0 spiro atoms. The molecule has 0 saturated heterocycles. The lowest BCUT2D eigenvalue weighted by molar-refractivity contribution is -0.119. The summed E-state index contributed by atoms with van der Waals surface area (Å²) in [6.45, 7) is 4.53. The molecule has 2 nitrogen and oxygen atoms in total. The fourth-order valence-corrected chi connectivity index (χ4v) is 4.69. The summed E-state index contributed by atoms with van der Waals surface area (Å²) in [6.07, 6.45) is 32.4. The van der Waals surface area contributed by atoms with Gasteiger partial charge in [0.15, 0.2) is 0 Å². The first-order valence-electron chi connectivity index (χ1n) is 15.2. The van der Waals surface area contributed by atoms with Gasteiger partial charge in [0, 0.05) is 25.7 Å². The lowest BCUT2D eigenvalue weighted by Crippen LogP contribution is -2.00. The molecule has 0 aromatic rings. The van der Waals surface area contributed by atoms with Crippen LogP contribution < -0.4 is 0 Å². The fraction of sp³-hybridized carbons (Fsp3) is 0.935. The molecule has 0 unspecified atom stereocenters. The summed E-state index contributed by atoms with van der Waals surface area (Å²) >= 11 is 0. The fourth-order valence-electron chi connectivity index (χ4n) is 4.69. The van der Waals surface area contributed by atoms with E-state index < -0.39 is 0 Å². The van der Waals surface area contributed by atoms with Gasteiger partial charge in [-0.05, 0) is 25.7 Å². The van der Waals surface area contributed by atoms with E-state index in [4.69, 9.17) is 0 Å². The molecule has 0 aliphatic heterocycles. The van der Waals surface area contributed by atoms with Crippen molar-refractivity contribution in [2.24, 2.45) is 0 Å². The van der Waals surface area contributed by atoms with Crippen LogP contribution in [0, 0.1) is 0 Å². The Morgan fingerprint density at radius 3 is 0.727 bits per heavy atom. The number of ketones is 2. The van der Waals surface area contributed by atoms with Gasteiger partial charge in [-0.2, -0.15) is 0 Å². The molecule has 196 valence electrons. The number of hydrogen-bond acceptors (Lipinski definition) is 2. The molecule has 0 amide bonds. The third-order valence-corrected chi connectivity index (χ3v) is 7.03. The van der Waals surface area contributed by atoms with Crippen LogP contribution in [0.25, 0.3) is 0 Å². The maximum absolute atomic E-state index is 12.0. The molecule has 0 rings (SSSR count). The molecule has 0 N–H and O–H groups in total. The zero-order valence-corrected chi connectivity index (χ0v) is 22.9. The van der Waals surface area contributed by atoms with Crippen molar-refractivity contribution in [3.8, 4) is 0 Å². The quantitative estimate of drug-likeness (QED) is 0.108. The summed E-state index contributed by atoms with van der Waals surface area (Å²) in [5, 5.41) is 0. The molecule has 0 saturated carbocycles. The largest absolute Gasteiger partial charge is 0.300 e. The van der Waals surface area contributed by atoms with Crippen LogP contribution in [-0.4, -0.2) is 11.6 Å². The molecule has 0 fully saturated rings. The Balaban J connectivity index is 3.28. The third kappa shape index (κ3) is 27.5. The Hall–Kier alpha value is -0.660. The predicted octanol–water partition coefficient (Wildman–Crippen LogP) is 10.7. The van der Waals surface area contributed by atoms with Crippen LogP contribution in [0.5, 0.6) is 0 Å². The highest BCUT2D eigenvalue weighted by Gasteiger charge is 2.05. The van der Waals surface area contributed by atoms with E-state index in [1.165, 1.54) is 116 Å². The maximum atomic E-state index is 12.0. The van der Waals surface area contributed by atoms with Crippen LogP contribution in [0.2, 0.25) is 0 Å². The van der Waals surface area contributed by atoms with Gasteiger partial charge in [0.2, 0.25) is 0 Å². The summed E-state index contributed by atoms with van der Waals surface area (Å²) < 4.78 is 0. The summed E-state index contributed by atoms with van der Waals surface area (Å²) in [7, 11) is 0. The molecule has 0 aliphatic rings. The van der Waals surface area contributed by atoms with E-state index in [2.05, 4.69) is 13.8 Å². The van der Waals surface area contributed by atoms with Crippen LogP contribution in [-0.2, 0) is 9.59 Å². The highest BCUT2D eigenvalue weighted by atomic mass is 16.1. The van der Waals surface area contributed by atoms with Crippen molar-refractivity contribution >= 4 is 11.6 Å². The van der Waals surface area contributed by atoms with E-state index in [1.807, 2.05) is 0 Å². The van der Waals surface area contributed by atoms with Gasteiger partial charge in [0.1, 0.15) is 11.6 Å². The minimum atomic E-state index is 0.436. The van der Waals surface area contributed by atoms with Gasteiger partial charge in [-0.15, -0.1) is 0 Å². The molecule has 0 radical (unpaired) electrons. The molecular formula is C31H60O2. The average molecular weight is 465 g/mol. The Labute approximate surface area is 208 Å². The predicted molar refractivity (Wildman–Crippen MR) is 146 cm³/mol. The van der Waals surface area contributed by atoms with Gasteiger partial charge in [0.05, 0.1) is 0 Å². The highest BCUT2D eigenvalue weighted by molar-refractivity contribution is 5.78. The SMILES string of the molecule is CCCCCCCCCCCCC(=O)CCCCCC(=O)CCCCCCCCCCCC. The number of carbonyl (C=O) groups is 2. The minimum absolute atomic E-state index is 0.436. The number of hydrogen-bond donors (Lipinski definition) is 0. The summed E-state index contributed by atoms with van der Waals surface area (Å²) in [4.78, 5) is 24.0. The zero-order valence-electron chi connectivity index (χ0n) is 22.9. The van der Waals surface area contributed by atoms with Crippen molar-refractivity contribution in [2.45, 2.75) is 187 Å². The number of carbonyl (C=O) groups excluding carboxylic acids is 2. The molecule has 0 aliphatic carbocycles. The van der Waals surface area contributed by atoms with E-state index in [0.717, 1.165) is 57.8 Å². The van der Waals surface area contributed by atoms with Gasteiger partial charge < -0.3 is 0 Å². The molecule has 0 bridgehead atoms. The van der Waals surface area contributed by atoms with E-state index >= 15 is 0 Å². The first-order valence-corrected chi connectivity index (χ1v) is 15.2. The maximum Gasteiger partial charge on any atom is 0.132 e. The standard InChI is InChI=1S/C31H60O2/c1-3-5-7-9-11-13-15-17-19-22-26-30(32)28-24-21-25-29-31(33)27-23-20-18-16-14-12-10-8-6-4-2/h3-29H2,1-2H3. The summed E-state index contributed by atoms with van der Waals surface area (Å²) in [6, 6.07) is 0. The van der Waals surface area contributed by atoms with Crippen molar-refractivity contribution in [3.05, 3.63) is 0 Å². The lowest BCUT2D eigenvalue weighted by atomic mass is 10.0. The minimum Gasteiger partial charge on any atom is -0.300 e.